The van der Waals surface area contributed by atoms with E-state index >= 15 is 0 Å². The molecule has 0 bridgehead atoms. The van der Waals surface area contributed by atoms with E-state index in [1.54, 1.807) is 0 Å². The molecule has 0 atom stereocenters. The Morgan fingerprint density at radius 1 is 0.410 bits per heavy atom. The summed E-state index contributed by atoms with van der Waals surface area (Å²) in [5.74, 6) is 0.674. The summed E-state index contributed by atoms with van der Waals surface area (Å²) in [4.78, 5) is 10.5. The molecule has 0 aliphatic rings. The van der Waals surface area contributed by atoms with Crippen LogP contribution in [0.3, 0.4) is 0 Å². The van der Waals surface area contributed by atoms with Crippen molar-refractivity contribution in [3.63, 3.8) is 0 Å². The number of nitrogens with zero attached hydrogens (tertiary/aromatic N) is 3. The highest BCUT2D eigenvalue weighted by atomic mass is 15.2. The number of hydrogen-bond donors (Lipinski definition) is 0. The van der Waals surface area contributed by atoms with Crippen molar-refractivity contribution >= 4 is 43.5 Å². The maximum atomic E-state index is 5.25. The van der Waals surface area contributed by atoms with E-state index < -0.39 is 0 Å². The fourth-order valence-electron chi connectivity index (χ4n) is 5.71. The molecule has 0 saturated carbocycles. The van der Waals surface area contributed by atoms with Crippen LogP contribution in [-0.4, -0.2) is 14.5 Å². The second-order valence-corrected chi connectivity index (χ2v) is 9.91. The zero-order valence-electron chi connectivity index (χ0n) is 21.1. The van der Waals surface area contributed by atoms with Gasteiger partial charge in [-0.2, -0.15) is 0 Å². The first kappa shape index (κ1) is 21.8. The zero-order valence-corrected chi connectivity index (χ0v) is 21.1. The molecule has 39 heavy (non-hydrogen) atoms. The lowest BCUT2D eigenvalue weighted by Crippen LogP contribution is -2.03. The van der Waals surface area contributed by atoms with Gasteiger partial charge in [0.1, 0.15) is 0 Å². The number of rotatable bonds is 3. The molecule has 0 N–H and O–H groups in total. The van der Waals surface area contributed by atoms with Gasteiger partial charge in [-0.25, -0.2) is 9.97 Å². The fourth-order valence-corrected chi connectivity index (χ4v) is 5.71. The molecule has 0 unspecified atom stereocenters. The van der Waals surface area contributed by atoms with Crippen molar-refractivity contribution in [2.75, 3.05) is 0 Å². The minimum absolute atomic E-state index is 0.674. The average Bonchev–Trinajstić information content (AvgIpc) is 3.33. The van der Waals surface area contributed by atoms with Gasteiger partial charge in [0.15, 0.2) is 0 Å². The van der Waals surface area contributed by atoms with Crippen LogP contribution in [0.4, 0.5) is 0 Å². The molecule has 0 spiro atoms. The summed E-state index contributed by atoms with van der Waals surface area (Å²) >= 11 is 0. The van der Waals surface area contributed by atoms with E-state index in [2.05, 4.69) is 132 Å². The molecule has 8 rings (SSSR count). The lowest BCUT2D eigenvalue weighted by molar-refractivity contribution is 1.01. The van der Waals surface area contributed by atoms with Crippen LogP contribution in [0.1, 0.15) is 0 Å². The largest absolute Gasteiger partial charge is 0.278 e. The van der Waals surface area contributed by atoms with Gasteiger partial charge >= 0.3 is 0 Å². The summed E-state index contributed by atoms with van der Waals surface area (Å²) in [6.45, 7) is 0. The van der Waals surface area contributed by atoms with Crippen LogP contribution in [0.5, 0.6) is 0 Å². The quantitative estimate of drug-likeness (QED) is 0.244. The van der Waals surface area contributed by atoms with Gasteiger partial charge in [0, 0.05) is 21.7 Å². The summed E-state index contributed by atoms with van der Waals surface area (Å²) < 4.78 is 2.22. The fraction of sp³-hybridized carbons (Fsp3) is 0. The highest BCUT2D eigenvalue weighted by molar-refractivity contribution is 6.13. The number of hydrogen-bond acceptors (Lipinski definition) is 2. The first-order chi connectivity index (χ1) is 19.3. The molecule has 0 aliphatic carbocycles. The minimum Gasteiger partial charge on any atom is -0.278 e. The van der Waals surface area contributed by atoms with E-state index in [1.165, 1.54) is 27.1 Å². The second kappa shape index (κ2) is 8.64. The van der Waals surface area contributed by atoms with Gasteiger partial charge in [-0.3, -0.25) is 4.57 Å². The number of fused-ring (bicyclic) bond motifs is 5. The molecule has 3 nitrogen and oxygen atoms in total. The molecule has 6 aromatic carbocycles. The molecule has 182 valence electrons. The van der Waals surface area contributed by atoms with E-state index in [9.17, 15) is 0 Å². The van der Waals surface area contributed by atoms with Crippen molar-refractivity contribution in [2.24, 2.45) is 0 Å². The molecule has 3 heteroatoms. The standard InChI is InChI=1S/C36H23N3/c1-3-11-24(12-4-1)28-19-20-30-32(22-28)37-36(38-35(30)25-13-5-2-6-14-25)39-33-18-10-9-17-29(33)31-21-26-15-7-8-16-27(26)23-34(31)39/h1-23H. The summed E-state index contributed by atoms with van der Waals surface area (Å²) in [7, 11) is 0. The zero-order chi connectivity index (χ0) is 25.8. The molecular formula is C36H23N3. The number of para-hydroxylation sites is 1. The molecule has 0 saturated heterocycles. The predicted octanol–water partition coefficient (Wildman–Crippen LogP) is 9.21. The van der Waals surface area contributed by atoms with E-state index in [4.69, 9.17) is 9.97 Å². The van der Waals surface area contributed by atoms with Gasteiger partial charge in [-0.05, 0) is 52.2 Å². The van der Waals surface area contributed by atoms with Crippen molar-refractivity contribution in [1.29, 1.82) is 0 Å². The Morgan fingerprint density at radius 3 is 1.87 bits per heavy atom. The third kappa shape index (κ3) is 3.52. The molecule has 2 heterocycles. The third-order valence-corrected chi connectivity index (χ3v) is 7.58. The molecule has 2 aromatic heterocycles. The maximum absolute atomic E-state index is 5.25. The Hall–Kier alpha value is -5.28. The normalized spacial score (nSPS) is 11.6. The summed E-state index contributed by atoms with van der Waals surface area (Å²) in [5, 5.41) is 5.86. The topological polar surface area (TPSA) is 30.7 Å². The molecule has 0 aliphatic heterocycles. The van der Waals surface area contributed by atoms with Crippen LogP contribution in [0, 0.1) is 0 Å². The number of aromatic nitrogens is 3. The van der Waals surface area contributed by atoms with Gasteiger partial charge in [-0.15, -0.1) is 0 Å². The first-order valence-electron chi connectivity index (χ1n) is 13.2. The Balaban J connectivity index is 1.48. The van der Waals surface area contributed by atoms with Crippen LogP contribution in [0.15, 0.2) is 140 Å². The van der Waals surface area contributed by atoms with Gasteiger partial charge < -0.3 is 0 Å². The summed E-state index contributed by atoms with van der Waals surface area (Å²) in [5.41, 5.74) is 7.44. The van der Waals surface area contributed by atoms with E-state index in [-0.39, 0.29) is 0 Å². The summed E-state index contributed by atoms with van der Waals surface area (Å²) in [6.07, 6.45) is 0. The monoisotopic (exact) mass is 497 g/mol. The molecule has 8 aromatic rings. The van der Waals surface area contributed by atoms with Crippen molar-refractivity contribution in [3.05, 3.63) is 140 Å². The van der Waals surface area contributed by atoms with Crippen molar-refractivity contribution in [1.82, 2.24) is 14.5 Å². The predicted molar refractivity (Wildman–Crippen MR) is 162 cm³/mol. The lowest BCUT2D eigenvalue weighted by atomic mass is 10.0. The SMILES string of the molecule is c1ccc(-c2ccc3c(-c4ccccc4)nc(-n4c5ccccc5c5cc6ccccc6cc54)nc3c2)cc1. The first-order valence-corrected chi connectivity index (χ1v) is 13.2. The minimum atomic E-state index is 0.674. The van der Waals surface area contributed by atoms with Crippen molar-refractivity contribution in [2.45, 2.75) is 0 Å². The molecule has 0 radical (unpaired) electrons. The van der Waals surface area contributed by atoms with E-state index in [1.807, 2.05) is 12.1 Å². The highest BCUT2D eigenvalue weighted by Gasteiger charge is 2.18. The van der Waals surface area contributed by atoms with Crippen LogP contribution >= 0.6 is 0 Å². The van der Waals surface area contributed by atoms with Gasteiger partial charge in [0.25, 0.3) is 0 Å². The Labute approximate surface area is 225 Å². The third-order valence-electron chi connectivity index (χ3n) is 7.58. The number of benzene rings is 6. The van der Waals surface area contributed by atoms with Gasteiger partial charge in [0.2, 0.25) is 5.95 Å². The van der Waals surface area contributed by atoms with Crippen LogP contribution in [0.2, 0.25) is 0 Å². The Kier molecular flexibility index (Phi) is 4.82. The van der Waals surface area contributed by atoms with Crippen molar-refractivity contribution in [3.8, 4) is 28.3 Å². The Bertz CT molecular complexity index is 2160. The highest BCUT2D eigenvalue weighted by Crippen LogP contribution is 2.36. The average molecular weight is 498 g/mol. The molecule has 0 amide bonds. The van der Waals surface area contributed by atoms with Crippen LogP contribution in [0.25, 0.3) is 71.8 Å². The van der Waals surface area contributed by atoms with Crippen LogP contribution < -0.4 is 0 Å². The Morgan fingerprint density at radius 2 is 1.08 bits per heavy atom. The van der Waals surface area contributed by atoms with Crippen LogP contribution in [-0.2, 0) is 0 Å². The smallest absolute Gasteiger partial charge is 0.235 e. The molecule has 0 fully saturated rings. The van der Waals surface area contributed by atoms with Gasteiger partial charge in [-0.1, -0.05) is 109 Å². The van der Waals surface area contributed by atoms with E-state index in [0.717, 1.165) is 38.8 Å². The summed E-state index contributed by atoms with van der Waals surface area (Å²) in [6, 6.07) is 49.0. The lowest BCUT2D eigenvalue weighted by Gasteiger charge is -2.13. The van der Waals surface area contributed by atoms with Gasteiger partial charge in [0.05, 0.1) is 22.2 Å². The van der Waals surface area contributed by atoms with Crippen molar-refractivity contribution < 1.29 is 0 Å². The second-order valence-electron chi connectivity index (χ2n) is 9.91. The molecular weight excluding hydrogens is 474 g/mol. The van der Waals surface area contributed by atoms with E-state index in [0.29, 0.717) is 5.95 Å². The maximum Gasteiger partial charge on any atom is 0.235 e.